The number of nitrogens with two attached hydrogens (primary N) is 1. The number of urea groups is 1. The fraction of sp³-hybridized carbons (Fsp3) is 0.353. The van der Waals surface area contributed by atoms with Gasteiger partial charge >= 0.3 is 33.4 Å². The third-order valence-electron chi connectivity index (χ3n) is 4.19. The Kier molecular flexibility index (Phi) is 8.99. The number of hydrogen-bond acceptors (Lipinski definition) is 11. The molecule has 0 spiro atoms. The summed E-state index contributed by atoms with van der Waals surface area (Å²) in [5, 5.41) is 12.4. The molecule has 0 aliphatic carbocycles. The Morgan fingerprint density at radius 2 is 1.74 bits per heavy atom. The van der Waals surface area contributed by atoms with Crippen molar-refractivity contribution in [3.05, 3.63) is 35.9 Å². The summed E-state index contributed by atoms with van der Waals surface area (Å²) in [4.78, 5) is 59.4. The summed E-state index contributed by atoms with van der Waals surface area (Å²) in [5.74, 6) is -2.56. The van der Waals surface area contributed by atoms with Gasteiger partial charge in [0.2, 0.25) is 0 Å². The van der Waals surface area contributed by atoms with Crippen LogP contribution in [0.25, 0.3) is 0 Å². The van der Waals surface area contributed by atoms with Crippen LogP contribution in [-0.4, -0.2) is 79.9 Å². The molecule has 0 saturated carbocycles. The van der Waals surface area contributed by atoms with Gasteiger partial charge in [0.1, 0.15) is 31.9 Å². The fourth-order valence-corrected chi connectivity index (χ4v) is 3.28. The first-order chi connectivity index (χ1) is 15.9. The number of halogens is 1. The number of nitrogens with one attached hydrogen (secondary N) is 2. The van der Waals surface area contributed by atoms with E-state index < -0.39 is 70.7 Å². The highest BCUT2D eigenvalue weighted by molar-refractivity contribution is 8.12. The van der Waals surface area contributed by atoms with Gasteiger partial charge in [-0.2, -0.15) is 8.42 Å². The maximum Gasteiger partial charge on any atom is 0.408 e. The lowest BCUT2D eigenvalue weighted by Gasteiger charge is -2.46. The van der Waals surface area contributed by atoms with Crippen molar-refractivity contribution >= 4 is 50.0 Å². The van der Waals surface area contributed by atoms with E-state index in [-0.39, 0.29) is 11.5 Å². The molecule has 0 bridgehead atoms. The van der Waals surface area contributed by atoms with E-state index in [0.29, 0.717) is 5.56 Å². The van der Waals surface area contributed by atoms with Crippen molar-refractivity contribution in [2.24, 2.45) is 5.73 Å². The van der Waals surface area contributed by atoms with Crippen LogP contribution < -0.4 is 15.8 Å². The molecule has 3 atom stereocenters. The smallest absolute Gasteiger partial charge is 0.408 e. The molecule has 1 aliphatic rings. The molecule has 5 N–H and O–H groups in total. The van der Waals surface area contributed by atoms with E-state index in [0.717, 1.165) is 0 Å². The third kappa shape index (κ3) is 7.46. The van der Waals surface area contributed by atoms with Crippen LogP contribution in [0.5, 0.6) is 0 Å². The number of rotatable bonds is 9. The van der Waals surface area contributed by atoms with Gasteiger partial charge in [-0.05, 0) is 5.56 Å². The number of amides is 5. The Morgan fingerprint density at radius 3 is 2.32 bits per heavy atom. The summed E-state index contributed by atoms with van der Waals surface area (Å²) in [7, 11) is 0.293. The molecule has 186 valence electrons. The normalized spacial score (nSPS) is 18.2. The molecule has 1 aromatic rings. The van der Waals surface area contributed by atoms with Crippen molar-refractivity contribution in [3.8, 4) is 0 Å². The maximum atomic E-state index is 12.4. The lowest BCUT2D eigenvalue weighted by molar-refractivity contribution is -0.167. The number of carbonyl (C=O) groups excluding carboxylic acids is 5. The van der Waals surface area contributed by atoms with E-state index in [1.165, 1.54) is 4.72 Å². The molecule has 1 aliphatic heterocycles. The second-order valence-corrected chi connectivity index (χ2v) is 8.81. The average Bonchev–Trinajstić information content (AvgIpc) is 2.75. The van der Waals surface area contributed by atoms with Crippen molar-refractivity contribution in [2.75, 3.05) is 13.2 Å². The monoisotopic (exact) mass is 522 g/mol. The van der Waals surface area contributed by atoms with Gasteiger partial charge in [0, 0.05) is 10.7 Å². The molecular weight excluding hydrogens is 504 g/mol. The number of hydrogen-bond donors (Lipinski definition) is 4. The van der Waals surface area contributed by atoms with Crippen LogP contribution >= 0.6 is 10.7 Å². The number of β-lactam (4-membered cyclic amide) rings is 1. The van der Waals surface area contributed by atoms with Gasteiger partial charge in [-0.1, -0.05) is 30.3 Å². The average molecular weight is 523 g/mol. The number of ether oxygens (including phenoxy) is 3. The Hall–Kier alpha value is -3.63. The van der Waals surface area contributed by atoms with Crippen LogP contribution in [-0.2, 0) is 39.6 Å². The number of alkyl carbamates (subject to hydrolysis) is 1. The van der Waals surface area contributed by atoms with Gasteiger partial charge in [0.25, 0.3) is 5.91 Å². The van der Waals surface area contributed by atoms with Gasteiger partial charge in [-0.15, -0.1) is 0 Å². The summed E-state index contributed by atoms with van der Waals surface area (Å²) in [6.45, 7) is -1.18. The SMILES string of the molecule is NC(=O)OCCOC(=O)C(O)C1C(NC(=O)OCc2ccccc2)C(=O)N1C(=O)NS(=O)(=O)Cl. The van der Waals surface area contributed by atoms with Gasteiger partial charge < -0.3 is 30.4 Å². The highest BCUT2D eigenvalue weighted by atomic mass is 35.7. The van der Waals surface area contributed by atoms with E-state index in [1.54, 1.807) is 30.3 Å². The zero-order valence-corrected chi connectivity index (χ0v) is 18.7. The molecule has 34 heavy (non-hydrogen) atoms. The number of carbonyl (C=O) groups is 5. The number of esters is 1. The molecule has 1 fully saturated rings. The number of likely N-dealkylation sites (tertiary alicyclic amines) is 1. The number of benzene rings is 1. The molecule has 3 unspecified atom stereocenters. The standard InChI is InChI=1S/C17H19ClN4O11S/c18-34(29,30)21-16(27)22-11(12(23)14(25)31-6-7-32-15(19)26)10(13(22)24)20-17(28)33-8-9-4-2-1-3-5-9/h1-5,10-12,23H,6-8H2,(H2,19,26)(H,20,28)(H,21,27). The van der Waals surface area contributed by atoms with Gasteiger partial charge in [-0.25, -0.2) is 23.9 Å². The Bertz CT molecular complexity index is 1050. The van der Waals surface area contributed by atoms with Crippen LogP contribution in [0, 0.1) is 0 Å². The highest BCUT2D eigenvalue weighted by Crippen LogP contribution is 2.25. The van der Waals surface area contributed by atoms with Gasteiger partial charge in [0.05, 0.1) is 0 Å². The lowest BCUT2D eigenvalue weighted by Crippen LogP contribution is -2.77. The zero-order valence-electron chi connectivity index (χ0n) is 17.1. The lowest BCUT2D eigenvalue weighted by atomic mass is 9.90. The zero-order chi connectivity index (χ0) is 25.5. The number of imide groups is 1. The number of primary amides is 1. The highest BCUT2D eigenvalue weighted by Gasteiger charge is 2.57. The predicted octanol–water partition coefficient (Wildman–Crippen LogP) is -1.32. The van der Waals surface area contributed by atoms with Crippen LogP contribution in [0.1, 0.15) is 5.56 Å². The molecule has 17 heteroatoms. The van der Waals surface area contributed by atoms with Crippen molar-refractivity contribution < 1.29 is 51.7 Å². The first kappa shape index (κ1) is 26.6. The molecule has 2 rings (SSSR count). The van der Waals surface area contributed by atoms with Crippen molar-refractivity contribution in [1.29, 1.82) is 0 Å². The molecule has 5 amide bonds. The topological polar surface area (TPSA) is 221 Å². The number of aliphatic hydroxyl groups is 1. The minimum atomic E-state index is -4.63. The predicted molar refractivity (Wildman–Crippen MR) is 110 cm³/mol. The van der Waals surface area contributed by atoms with E-state index in [2.05, 4.69) is 14.8 Å². The molecule has 15 nitrogen and oxygen atoms in total. The van der Waals surface area contributed by atoms with E-state index in [9.17, 15) is 37.5 Å². The van der Waals surface area contributed by atoms with Gasteiger partial charge in [-0.3, -0.25) is 9.69 Å². The second-order valence-electron chi connectivity index (χ2n) is 6.51. The molecule has 1 saturated heterocycles. The Labute approximate surface area is 196 Å². The van der Waals surface area contributed by atoms with Crippen molar-refractivity contribution in [3.63, 3.8) is 0 Å². The molecule has 0 aromatic heterocycles. The minimum Gasteiger partial charge on any atom is -0.460 e. The molecular formula is C17H19ClN4O11S. The summed E-state index contributed by atoms with van der Waals surface area (Å²) in [6, 6.07) is 3.39. The van der Waals surface area contributed by atoms with Gasteiger partial charge in [0.15, 0.2) is 6.10 Å². The largest absolute Gasteiger partial charge is 0.460 e. The first-order valence-corrected chi connectivity index (χ1v) is 11.5. The Balaban J connectivity index is 2.08. The quantitative estimate of drug-likeness (QED) is 0.0978. The third-order valence-corrected chi connectivity index (χ3v) is 4.84. The van der Waals surface area contributed by atoms with E-state index in [1.807, 2.05) is 0 Å². The summed E-state index contributed by atoms with van der Waals surface area (Å²) < 4.78 is 37.5. The fourth-order valence-electron chi connectivity index (χ4n) is 2.77. The van der Waals surface area contributed by atoms with Crippen LogP contribution in [0.4, 0.5) is 14.4 Å². The second kappa shape index (κ2) is 11.5. The summed E-state index contributed by atoms with van der Waals surface area (Å²) >= 11 is 0. The van der Waals surface area contributed by atoms with Crippen LogP contribution in [0.15, 0.2) is 30.3 Å². The van der Waals surface area contributed by atoms with Crippen molar-refractivity contribution in [1.82, 2.24) is 14.9 Å². The molecule has 0 radical (unpaired) electrons. The molecule has 1 aromatic carbocycles. The minimum absolute atomic E-state index is 0.161. The Morgan fingerprint density at radius 1 is 1.12 bits per heavy atom. The van der Waals surface area contributed by atoms with Crippen LogP contribution in [0.3, 0.4) is 0 Å². The van der Waals surface area contributed by atoms with Crippen molar-refractivity contribution in [2.45, 2.75) is 24.8 Å². The van der Waals surface area contributed by atoms with E-state index >= 15 is 0 Å². The molecule has 1 heterocycles. The number of nitrogens with zero attached hydrogens (tertiary/aromatic N) is 1. The summed E-state index contributed by atoms with van der Waals surface area (Å²) in [5.41, 5.74) is 5.36. The number of aliphatic hydroxyl groups excluding tert-OH is 1. The summed E-state index contributed by atoms with van der Waals surface area (Å²) in [6.07, 6.45) is -4.52. The first-order valence-electron chi connectivity index (χ1n) is 9.24. The van der Waals surface area contributed by atoms with Crippen LogP contribution in [0.2, 0.25) is 0 Å². The maximum absolute atomic E-state index is 12.4. The van der Waals surface area contributed by atoms with E-state index in [4.69, 9.17) is 21.2 Å².